The first-order valence-electron chi connectivity index (χ1n) is 11.9. The first-order valence-corrected chi connectivity index (χ1v) is 11.9. The molecule has 1 saturated heterocycles. The molecule has 2 aromatic carbocycles. The summed E-state index contributed by atoms with van der Waals surface area (Å²) in [5.41, 5.74) is 3.59. The van der Waals surface area contributed by atoms with Gasteiger partial charge in [-0.05, 0) is 55.7 Å². The Morgan fingerprint density at radius 2 is 1.97 bits per heavy atom. The maximum Gasteiger partial charge on any atom is 0.251 e. The number of benzene rings is 2. The molecule has 0 radical (unpaired) electrons. The number of fused-ring (bicyclic) bond motifs is 1. The van der Waals surface area contributed by atoms with Crippen molar-refractivity contribution in [3.8, 4) is 6.07 Å². The number of rotatable bonds is 6. The zero-order valence-electron chi connectivity index (χ0n) is 20.4. The van der Waals surface area contributed by atoms with Gasteiger partial charge in [0.2, 0.25) is 5.91 Å². The molecule has 4 aromatic rings. The SMILES string of the molecule is CC(=O)C(c1ccccc1C)N(C(=O)[C@@H]1CCC(=O)N1c1cc(C#N)ccn1)c1cccc2[nH]cnc12. The van der Waals surface area contributed by atoms with Crippen molar-refractivity contribution in [3.05, 3.63) is 83.8 Å². The fourth-order valence-electron chi connectivity index (χ4n) is 4.95. The van der Waals surface area contributed by atoms with Crippen LogP contribution in [-0.4, -0.2) is 38.6 Å². The number of nitriles is 1. The van der Waals surface area contributed by atoms with E-state index in [1.54, 1.807) is 12.1 Å². The number of carbonyl (C=O) groups is 3. The molecule has 2 aromatic heterocycles. The molecule has 1 aliphatic rings. The number of hydrogen-bond acceptors (Lipinski definition) is 6. The number of para-hydroxylation sites is 1. The van der Waals surface area contributed by atoms with Gasteiger partial charge in [0.05, 0.1) is 29.2 Å². The number of hydrogen-bond donors (Lipinski definition) is 1. The summed E-state index contributed by atoms with van der Waals surface area (Å²) in [7, 11) is 0. The number of aromatic amines is 1. The summed E-state index contributed by atoms with van der Waals surface area (Å²) in [5.74, 6) is -0.688. The Labute approximate surface area is 213 Å². The third-order valence-corrected chi connectivity index (χ3v) is 6.67. The van der Waals surface area contributed by atoms with Crippen LogP contribution in [0.15, 0.2) is 67.1 Å². The summed E-state index contributed by atoms with van der Waals surface area (Å²) in [5, 5.41) is 9.35. The number of nitrogens with zero attached hydrogens (tertiary/aromatic N) is 5. The zero-order chi connectivity index (χ0) is 26.1. The summed E-state index contributed by atoms with van der Waals surface area (Å²) in [6.07, 6.45) is 3.37. The topological polar surface area (TPSA) is 123 Å². The lowest BCUT2D eigenvalue weighted by Gasteiger charge is -2.35. The smallest absolute Gasteiger partial charge is 0.251 e. The number of aromatic nitrogens is 3. The maximum atomic E-state index is 14.5. The van der Waals surface area contributed by atoms with Crippen molar-refractivity contribution < 1.29 is 14.4 Å². The second-order valence-corrected chi connectivity index (χ2v) is 8.99. The number of carbonyl (C=O) groups excluding carboxylic acids is 3. The predicted octanol–water partition coefficient (Wildman–Crippen LogP) is 4.00. The van der Waals surface area contributed by atoms with E-state index in [2.05, 4.69) is 15.0 Å². The minimum absolute atomic E-state index is 0.143. The molecule has 9 nitrogen and oxygen atoms in total. The average molecular weight is 493 g/mol. The fourth-order valence-corrected chi connectivity index (χ4v) is 4.95. The molecule has 0 aliphatic carbocycles. The second kappa shape index (κ2) is 9.66. The van der Waals surface area contributed by atoms with Crippen molar-refractivity contribution in [2.45, 2.75) is 38.8 Å². The van der Waals surface area contributed by atoms with E-state index >= 15 is 0 Å². The molecule has 1 unspecified atom stereocenters. The number of amides is 2. The van der Waals surface area contributed by atoms with Crippen LogP contribution in [0.4, 0.5) is 11.5 Å². The highest BCUT2D eigenvalue weighted by atomic mass is 16.2. The van der Waals surface area contributed by atoms with Crippen LogP contribution in [0.25, 0.3) is 11.0 Å². The minimum atomic E-state index is -0.938. The highest BCUT2D eigenvalue weighted by Gasteiger charge is 2.44. The van der Waals surface area contributed by atoms with E-state index in [1.807, 2.05) is 43.3 Å². The van der Waals surface area contributed by atoms with Gasteiger partial charge in [-0.25, -0.2) is 9.97 Å². The number of aryl methyl sites for hydroxylation is 1. The molecule has 1 aliphatic heterocycles. The van der Waals surface area contributed by atoms with Crippen LogP contribution in [0.1, 0.15) is 42.5 Å². The molecule has 0 bridgehead atoms. The van der Waals surface area contributed by atoms with Gasteiger partial charge in [-0.1, -0.05) is 30.3 Å². The lowest BCUT2D eigenvalue weighted by molar-refractivity contribution is -0.125. The Kier molecular flexibility index (Phi) is 6.24. The normalized spacial score (nSPS) is 16.0. The standard InChI is InChI=1S/C28H24N6O3/c1-17-6-3-4-7-20(17)27(18(2)35)34(22-9-5-8-21-26(22)32-16-31-21)28(37)23-10-11-25(36)33(23)24-14-19(15-29)12-13-30-24/h3-9,12-14,16,23,27H,10-11H2,1-2H3,(H,31,32)/t23-,27?/m0/s1. The van der Waals surface area contributed by atoms with Crippen LogP contribution in [0.2, 0.25) is 0 Å². The molecule has 1 fully saturated rings. The summed E-state index contributed by atoms with van der Waals surface area (Å²) in [6.45, 7) is 3.35. The molecule has 3 heterocycles. The Bertz CT molecular complexity index is 1570. The molecule has 0 saturated carbocycles. The maximum absolute atomic E-state index is 14.5. The Balaban J connectivity index is 1.68. The Morgan fingerprint density at radius 3 is 2.73 bits per heavy atom. The van der Waals surface area contributed by atoms with Crippen molar-refractivity contribution in [1.82, 2.24) is 15.0 Å². The zero-order valence-corrected chi connectivity index (χ0v) is 20.4. The molecular formula is C28H24N6O3. The van der Waals surface area contributed by atoms with Gasteiger partial charge >= 0.3 is 0 Å². The van der Waals surface area contributed by atoms with E-state index in [9.17, 15) is 19.6 Å². The molecule has 37 heavy (non-hydrogen) atoms. The molecule has 184 valence electrons. The summed E-state index contributed by atoms with van der Waals surface area (Å²) >= 11 is 0. The van der Waals surface area contributed by atoms with E-state index in [-0.39, 0.29) is 30.3 Å². The third kappa shape index (κ3) is 4.23. The van der Waals surface area contributed by atoms with Gasteiger partial charge in [-0.3, -0.25) is 24.2 Å². The number of H-pyrrole nitrogens is 1. The predicted molar refractivity (Wildman–Crippen MR) is 138 cm³/mol. The molecule has 9 heteroatoms. The van der Waals surface area contributed by atoms with E-state index in [1.165, 1.54) is 41.4 Å². The summed E-state index contributed by atoms with van der Waals surface area (Å²) in [6, 6.07) is 16.1. The van der Waals surface area contributed by atoms with Crippen molar-refractivity contribution in [1.29, 1.82) is 5.26 Å². The lowest BCUT2D eigenvalue weighted by atomic mass is 9.95. The molecular weight excluding hydrogens is 468 g/mol. The van der Waals surface area contributed by atoms with E-state index in [0.29, 0.717) is 27.8 Å². The minimum Gasteiger partial charge on any atom is -0.345 e. The van der Waals surface area contributed by atoms with Crippen LogP contribution >= 0.6 is 0 Å². The molecule has 1 N–H and O–H groups in total. The lowest BCUT2D eigenvalue weighted by Crippen LogP contribution is -2.50. The van der Waals surface area contributed by atoms with E-state index in [4.69, 9.17) is 0 Å². The monoisotopic (exact) mass is 492 g/mol. The number of imidazole rings is 1. The number of Topliss-reactive ketones (excluding diaryl/α,β-unsaturated/α-hetero) is 1. The first-order chi connectivity index (χ1) is 17.9. The van der Waals surface area contributed by atoms with Crippen molar-refractivity contribution in [3.63, 3.8) is 0 Å². The van der Waals surface area contributed by atoms with Crippen LogP contribution < -0.4 is 9.80 Å². The number of pyridine rings is 1. The fraction of sp³-hybridized carbons (Fsp3) is 0.214. The molecule has 5 rings (SSSR count). The van der Waals surface area contributed by atoms with Crippen molar-refractivity contribution >= 4 is 40.1 Å². The van der Waals surface area contributed by atoms with Gasteiger partial charge in [-0.2, -0.15) is 5.26 Å². The number of nitrogens with one attached hydrogen (secondary N) is 1. The van der Waals surface area contributed by atoms with Crippen LogP contribution in [0.3, 0.4) is 0 Å². The van der Waals surface area contributed by atoms with Gasteiger partial charge < -0.3 is 4.98 Å². The molecule has 2 atom stereocenters. The van der Waals surface area contributed by atoms with E-state index < -0.39 is 18.0 Å². The van der Waals surface area contributed by atoms with Crippen LogP contribution in [-0.2, 0) is 14.4 Å². The Hall–Kier alpha value is -4.84. The first kappa shape index (κ1) is 23.9. The van der Waals surface area contributed by atoms with Gasteiger partial charge in [0.15, 0.2) is 5.78 Å². The largest absolute Gasteiger partial charge is 0.345 e. The highest BCUT2D eigenvalue weighted by Crippen LogP contribution is 2.37. The quantitative estimate of drug-likeness (QED) is 0.434. The van der Waals surface area contributed by atoms with E-state index in [0.717, 1.165) is 5.56 Å². The second-order valence-electron chi connectivity index (χ2n) is 8.99. The average Bonchev–Trinajstić information content (AvgIpc) is 3.54. The van der Waals surface area contributed by atoms with Crippen LogP contribution in [0, 0.1) is 18.3 Å². The molecule has 0 spiro atoms. The summed E-state index contributed by atoms with van der Waals surface area (Å²) in [4.78, 5) is 55.3. The number of anilines is 2. The van der Waals surface area contributed by atoms with Crippen LogP contribution in [0.5, 0.6) is 0 Å². The summed E-state index contributed by atoms with van der Waals surface area (Å²) < 4.78 is 0. The Morgan fingerprint density at radius 1 is 1.16 bits per heavy atom. The molecule has 2 amide bonds. The van der Waals surface area contributed by atoms with Gasteiger partial charge in [0, 0.05) is 12.6 Å². The van der Waals surface area contributed by atoms with Gasteiger partial charge in [-0.15, -0.1) is 0 Å². The third-order valence-electron chi connectivity index (χ3n) is 6.67. The highest BCUT2D eigenvalue weighted by molar-refractivity contribution is 6.13. The van der Waals surface area contributed by atoms with Gasteiger partial charge in [0.1, 0.15) is 23.4 Å². The number of ketones is 1. The van der Waals surface area contributed by atoms with Gasteiger partial charge in [0.25, 0.3) is 5.91 Å². The van der Waals surface area contributed by atoms with Crippen molar-refractivity contribution in [2.24, 2.45) is 0 Å². The van der Waals surface area contributed by atoms with Crippen molar-refractivity contribution in [2.75, 3.05) is 9.80 Å².